The lowest BCUT2D eigenvalue weighted by Crippen LogP contribution is -2.26. The highest BCUT2D eigenvalue weighted by Crippen LogP contribution is 2.35. The molecule has 0 aliphatic rings. The Balaban J connectivity index is 2.27. The molecule has 0 atom stereocenters. The number of benzene rings is 1. The number of carboxylic acid groups (broad SMARTS) is 1. The summed E-state index contributed by atoms with van der Waals surface area (Å²) in [7, 11) is 0. The minimum atomic E-state index is -0.917. The maximum absolute atomic E-state index is 13.2. The molecule has 3 rings (SSSR count). The minimum Gasteiger partial charge on any atom is -0.481 e. The van der Waals surface area contributed by atoms with Crippen molar-refractivity contribution in [3.8, 4) is 11.1 Å². The number of hydrogen-bond donors (Lipinski definition) is 1. The molecule has 0 spiro atoms. The van der Waals surface area contributed by atoms with Crippen LogP contribution in [0.15, 0.2) is 35.1 Å². The SMILES string of the molecule is CCCc1nc2sc(C)c(-c3ccccc3)c2c(=O)n1CCC(=O)O. The molecule has 0 aliphatic carbocycles. The van der Waals surface area contributed by atoms with Crippen LogP contribution in [0.4, 0.5) is 0 Å². The predicted octanol–water partition coefficient (Wildman–Crippen LogP) is 3.86. The maximum Gasteiger partial charge on any atom is 0.305 e. The summed E-state index contributed by atoms with van der Waals surface area (Å²) in [6.45, 7) is 4.16. The number of rotatable bonds is 6. The van der Waals surface area contributed by atoms with Crippen LogP contribution in [0.5, 0.6) is 0 Å². The van der Waals surface area contributed by atoms with E-state index in [4.69, 9.17) is 10.1 Å². The first-order chi connectivity index (χ1) is 12.0. The molecule has 0 aliphatic heterocycles. The molecule has 3 aromatic rings. The normalized spacial score (nSPS) is 11.1. The van der Waals surface area contributed by atoms with Crippen molar-refractivity contribution in [1.29, 1.82) is 0 Å². The van der Waals surface area contributed by atoms with E-state index in [1.807, 2.05) is 44.2 Å². The molecule has 0 saturated carbocycles. The van der Waals surface area contributed by atoms with E-state index in [2.05, 4.69) is 0 Å². The van der Waals surface area contributed by atoms with Gasteiger partial charge in [-0.05, 0) is 18.9 Å². The number of aryl methyl sites for hydroxylation is 2. The number of aromatic nitrogens is 2. The molecule has 0 fully saturated rings. The molecular formula is C19H20N2O3S. The van der Waals surface area contributed by atoms with E-state index < -0.39 is 5.97 Å². The van der Waals surface area contributed by atoms with Gasteiger partial charge in [0.25, 0.3) is 5.56 Å². The Bertz CT molecular complexity index is 974. The van der Waals surface area contributed by atoms with E-state index in [1.165, 1.54) is 11.3 Å². The summed E-state index contributed by atoms with van der Waals surface area (Å²) in [5, 5.41) is 9.60. The van der Waals surface area contributed by atoms with Crippen LogP contribution in [-0.2, 0) is 17.8 Å². The largest absolute Gasteiger partial charge is 0.481 e. The van der Waals surface area contributed by atoms with Gasteiger partial charge in [0.05, 0.1) is 11.8 Å². The molecule has 130 valence electrons. The molecule has 0 saturated heterocycles. The molecule has 1 N–H and O–H groups in total. The maximum atomic E-state index is 13.2. The zero-order valence-corrected chi connectivity index (χ0v) is 15.1. The van der Waals surface area contributed by atoms with Crippen molar-refractivity contribution < 1.29 is 9.90 Å². The highest BCUT2D eigenvalue weighted by Gasteiger charge is 2.19. The third-order valence-electron chi connectivity index (χ3n) is 4.15. The summed E-state index contributed by atoms with van der Waals surface area (Å²) >= 11 is 1.52. The van der Waals surface area contributed by atoms with Crippen molar-refractivity contribution in [3.63, 3.8) is 0 Å². The lowest BCUT2D eigenvalue weighted by Gasteiger charge is -2.11. The Morgan fingerprint density at radius 3 is 2.64 bits per heavy atom. The smallest absolute Gasteiger partial charge is 0.305 e. The topological polar surface area (TPSA) is 72.2 Å². The third-order valence-corrected chi connectivity index (χ3v) is 5.15. The van der Waals surface area contributed by atoms with Crippen molar-refractivity contribution in [1.82, 2.24) is 9.55 Å². The van der Waals surface area contributed by atoms with Gasteiger partial charge in [0.2, 0.25) is 0 Å². The number of hydrogen-bond acceptors (Lipinski definition) is 4. The Hall–Kier alpha value is -2.47. The van der Waals surface area contributed by atoms with Gasteiger partial charge in [0.1, 0.15) is 10.7 Å². The molecule has 2 heterocycles. The first-order valence-electron chi connectivity index (χ1n) is 8.33. The standard InChI is InChI=1S/C19H20N2O3S/c1-3-7-14-20-18-17(19(24)21(14)11-10-15(22)23)16(12(2)25-18)13-8-5-4-6-9-13/h4-6,8-9H,3,7,10-11H2,1-2H3,(H,22,23). The zero-order valence-electron chi connectivity index (χ0n) is 14.3. The van der Waals surface area contributed by atoms with Gasteiger partial charge in [0, 0.05) is 23.4 Å². The van der Waals surface area contributed by atoms with Gasteiger partial charge >= 0.3 is 5.97 Å². The van der Waals surface area contributed by atoms with E-state index in [0.29, 0.717) is 17.6 Å². The van der Waals surface area contributed by atoms with Crippen molar-refractivity contribution >= 4 is 27.5 Å². The number of thiophene rings is 1. The Kier molecular flexibility index (Phi) is 4.99. The van der Waals surface area contributed by atoms with Crippen LogP contribution in [0.25, 0.3) is 21.3 Å². The summed E-state index contributed by atoms with van der Waals surface area (Å²) in [6, 6.07) is 9.79. The molecule has 1 aromatic carbocycles. The van der Waals surface area contributed by atoms with Gasteiger partial charge in [0.15, 0.2) is 0 Å². The number of nitrogens with zero attached hydrogens (tertiary/aromatic N) is 2. The first-order valence-corrected chi connectivity index (χ1v) is 9.14. The summed E-state index contributed by atoms with van der Waals surface area (Å²) < 4.78 is 1.54. The van der Waals surface area contributed by atoms with E-state index in [1.54, 1.807) is 4.57 Å². The average Bonchev–Trinajstić information content (AvgIpc) is 2.91. The van der Waals surface area contributed by atoms with Crippen molar-refractivity contribution in [2.45, 2.75) is 39.7 Å². The first kappa shape index (κ1) is 17.4. The fourth-order valence-electron chi connectivity index (χ4n) is 3.04. The number of fused-ring (bicyclic) bond motifs is 1. The van der Waals surface area contributed by atoms with Crippen molar-refractivity contribution in [2.75, 3.05) is 0 Å². The minimum absolute atomic E-state index is 0.0897. The summed E-state index contributed by atoms with van der Waals surface area (Å²) in [5.74, 6) is -0.249. The molecule has 0 radical (unpaired) electrons. The quantitative estimate of drug-likeness (QED) is 0.728. The van der Waals surface area contributed by atoms with Gasteiger partial charge in [-0.3, -0.25) is 14.2 Å². The second-order valence-corrected chi connectivity index (χ2v) is 7.16. The second-order valence-electron chi connectivity index (χ2n) is 5.96. The molecule has 2 aromatic heterocycles. The summed E-state index contributed by atoms with van der Waals surface area (Å²) in [6.07, 6.45) is 1.41. The van der Waals surface area contributed by atoms with Crippen LogP contribution in [0.1, 0.15) is 30.5 Å². The van der Waals surface area contributed by atoms with Gasteiger partial charge in [-0.1, -0.05) is 37.3 Å². The van der Waals surface area contributed by atoms with Crippen LogP contribution in [0, 0.1) is 6.92 Å². The highest BCUT2D eigenvalue weighted by molar-refractivity contribution is 7.19. The van der Waals surface area contributed by atoms with Crippen molar-refractivity contribution in [2.24, 2.45) is 0 Å². The van der Waals surface area contributed by atoms with Gasteiger partial charge in [-0.25, -0.2) is 4.98 Å². The number of aliphatic carboxylic acids is 1. The molecule has 0 amide bonds. The predicted molar refractivity (Wildman–Crippen MR) is 100 cm³/mol. The molecular weight excluding hydrogens is 336 g/mol. The van der Waals surface area contributed by atoms with Crippen LogP contribution >= 0.6 is 11.3 Å². The van der Waals surface area contributed by atoms with Crippen molar-refractivity contribution in [3.05, 3.63) is 51.4 Å². The van der Waals surface area contributed by atoms with Crippen LogP contribution in [0.2, 0.25) is 0 Å². The Labute approximate surface area is 149 Å². The lowest BCUT2D eigenvalue weighted by molar-refractivity contribution is -0.137. The van der Waals surface area contributed by atoms with E-state index >= 15 is 0 Å². The number of carboxylic acids is 1. The fraction of sp³-hybridized carbons (Fsp3) is 0.316. The molecule has 0 bridgehead atoms. The second kappa shape index (κ2) is 7.19. The fourth-order valence-corrected chi connectivity index (χ4v) is 4.10. The number of carbonyl (C=O) groups is 1. The van der Waals surface area contributed by atoms with Crippen LogP contribution in [0.3, 0.4) is 0 Å². The molecule has 6 heteroatoms. The van der Waals surface area contributed by atoms with Crippen LogP contribution < -0.4 is 5.56 Å². The molecule has 5 nitrogen and oxygen atoms in total. The average molecular weight is 356 g/mol. The Morgan fingerprint density at radius 2 is 2.00 bits per heavy atom. The van der Waals surface area contributed by atoms with Gasteiger partial charge < -0.3 is 5.11 Å². The van der Waals surface area contributed by atoms with Crippen LogP contribution in [-0.4, -0.2) is 20.6 Å². The monoisotopic (exact) mass is 356 g/mol. The lowest BCUT2D eigenvalue weighted by atomic mass is 10.0. The Morgan fingerprint density at radius 1 is 1.28 bits per heavy atom. The summed E-state index contributed by atoms with van der Waals surface area (Å²) in [4.78, 5) is 30.6. The van der Waals surface area contributed by atoms with Gasteiger partial charge in [-0.15, -0.1) is 11.3 Å². The summed E-state index contributed by atoms with van der Waals surface area (Å²) in [5.41, 5.74) is 1.75. The van der Waals surface area contributed by atoms with E-state index in [9.17, 15) is 9.59 Å². The van der Waals surface area contributed by atoms with Gasteiger partial charge in [-0.2, -0.15) is 0 Å². The highest BCUT2D eigenvalue weighted by atomic mass is 32.1. The molecule has 25 heavy (non-hydrogen) atoms. The molecule has 0 unspecified atom stereocenters. The third kappa shape index (κ3) is 3.35. The zero-order chi connectivity index (χ0) is 18.0. The van der Waals surface area contributed by atoms with E-state index in [-0.39, 0.29) is 18.5 Å². The van der Waals surface area contributed by atoms with E-state index in [0.717, 1.165) is 27.3 Å².